The standard InChI is InChI=1S/C15H20N2O3/c1-10-6-11(2)9-16(8-10)15(18)13-5-4-12(3)14(7-13)17(19)20/h4-5,7,10-11H,6,8-9H2,1-3H3. The van der Waals surface area contributed by atoms with E-state index in [0.717, 1.165) is 19.5 Å². The molecular formula is C15H20N2O3. The number of piperidine rings is 1. The molecule has 1 heterocycles. The number of amides is 1. The van der Waals surface area contributed by atoms with Crippen molar-refractivity contribution in [3.8, 4) is 0 Å². The highest BCUT2D eigenvalue weighted by Gasteiger charge is 2.27. The van der Waals surface area contributed by atoms with Gasteiger partial charge in [0.2, 0.25) is 0 Å². The molecule has 2 unspecified atom stereocenters. The Balaban J connectivity index is 2.25. The topological polar surface area (TPSA) is 63.5 Å². The Morgan fingerprint density at radius 2 is 1.90 bits per heavy atom. The number of carbonyl (C=O) groups is 1. The van der Waals surface area contributed by atoms with E-state index in [9.17, 15) is 14.9 Å². The summed E-state index contributed by atoms with van der Waals surface area (Å²) in [4.78, 5) is 24.8. The molecule has 0 radical (unpaired) electrons. The number of hydrogen-bond donors (Lipinski definition) is 0. The van der Waals surface area contributed by atoms with E-state index in [0.29, 0.717) is 23.0 Å². The first-order chi connectivity index (χ1) is 9.38. The highest BCUT2D eigenvalue weighted by Crippen LogP contribution is 2.24. The van der Waals surface area contributed by atoms with Gasteiger partial charge in [0.15, 0.2) is 0 Å². The van der Waals surface area contributed by atoms with Crippen LogP contribution in [-0.4, -0.2) is 28.8 Å². The number of rotatable bonds is 2. The third kappa shape index (κ3) is 2.98. The Morgan fingerprint density at radius 3 is 2.45 bits per heavy atom. The van der Waals surface area contributed by atoms with Crippen LogP contribution in [0.5, 0.6) is 0 Å². The molecule has 0 aliphatic carbocycles. The van der Waals surface area contributed by atoms with Gasteiger partial charge in [-0.1, -0.05) is 19.9 Å². The maximum Gasteiger partial charge on any atom is 0.273 e. The molecule has 0 aromatic heterocycles. The Morgan fingerprint density at radius 1 is 1.30 bits per heavy atom. The number of likely N-dealkylation sites (tertiary alicyclic amines) is 1. The van der Waals surface area contributed by atoms with E-state index in [1.54, 1.807) is 19.1 Å². The minimum atomic E-state index is -0.437. The lowest BCUT2D eigenvalue weighted by molar-refractivity contribution is -0.385. The van der Waals surface area contributed by atoms with Crippen molar-refractivity contribution in [3.63, 3.8) is 0 Å². The number of nitro benzene ring substituents is 1. The monoisotopic (exact) mass is 276 g/mol. The summed E-state index contributed by atoms with van der Waals surface area (Å²) in [5, 5.41) is 11.0. The van der Waals surface area contributed by atoms with Crippen molar-refractivity contribution < 1.29 is 9.72 Å². The molecule has 0 spiro atoms. The zero-order chi connectivity index (χ0) is 14.9. The van der Waals surface area contributed by atoms with Gasteiger partial charge >= 0.3 is 0 Å². The highest BCUT2D eigenvalue weighted by atomic mass is 16.6. The van der Waals surface area contributed by atoms with Gasteiger partial charge in [-0.2, -0.15) is 0 Å². The Hall–Kier alpha value is -1.91. The molecule has 0 N–H and O–H groups in total. The largest absolute Gasteiger partial charge is 0.338 e. The molecule has 20 heavy (non-hydrogen) atoms. The van der Waals surface area contributed by atoms with Gasteiger partial charge in [0, 0.05) is 30.3 Å². The summed E-state index contributed by atoms with van der Waals surface area (Å²) in [6, 6.07) is 4.71. The molecule has 1 aromatic carbocycles. The van der Waals surface area contributed by atoms with Crippen LogP contribution < -0.4 is 0 Å². The summed E-state index contributed by atoms with van der Waals surface area (Å²) in [5.41, 5.74) is 0.990. The third-order valence-electron chi connectivity index (χ3n) is 3.81. The second-order valence-corrected chi connectivity index (χ2v) is 5.91. The summed E-state index contributed by atoms with van der Waals surface area (Å²) < 4.78 is 0. The Bertz CT molecular complexity index is 532. The summed E-state index contributed by atoms with van der Waals surface area (Å²) >= 11 is 0. The molecule has 5 heteroatoms. The van der Waals surface area contributed by atoms with Crippen molar-refractivity contribution in [2.45, 2.75) is 27.2 Å². The molecule has 0 bridgehead atoms. The Labute approximate surface area is 118 Å². The highest BCUT2D eigenvalue weighted by molar-refractivity contribution is 5.95. The van der Waals surface area contributed by atoms with Crippen molar-refractivity contribution in [1.29, 1.82) is 0 Å². The van der Waals surface area contributed by atoms with Crippen LogP contribution in [0.2, 0.25) is 0 Å². The maximum absolute atomic E-state index is 12.5. The fourth-order valence-corrected chi connectivity index (χ4v) is 2.95. The predicted octanol–water partition coefficient (Wildman–Crippen LogP) is 3.02. The van der Waals surface area contributed by atoms with Gasteiger partial charge in [-0.25, -0.2) is 0 Å². The van der Waals surface area contributed by atoms with Crippen molar-refractivity contribution in [2.24, 2.45) is 11.8 Å². The predicted molar refractivity (Wildman–Crippen MR) is 76.7 cm³/mol. The lowest BCUT2D eigenvalue weighted by atomic mass is 9.91. The summed E-state index contributed by atoms with van der Waals surface area (Å²) in [7, 11) is 0. The van der Waals surface area contributed by atoms with Crippen LogP contribution in [0.3, 0.4) is 0 Å². The fourth-order valence-electron chi connectivity index (χ4n) is 2.95. The minimum Gasteiger partial charge on any atom is -0.338 e. The van der Waals surface area contributed by atoms with E-state index in [2.05, 4.69) is 13.8 Å². The molecule has 2 atom stereocenters. The van der Waals surface area contributed by atoms with E-state index in [-0.39, 0.29) is 11.6 Å². The normalized spacial score (nSPS) is 22.6. The van der Waals surface area contributed by atoms with Crippen molar-refractivity contribution in [3.05, 3.63) is 39.4 Å². The zero-order valence-corrected chi connectivity index (χ0v) is 12.1. The fraction of sp³-hybridized carbons (Fsp3) is 0.533. The van der Waals surface area contributed by atoms with E-state index in [1.807, 2.05) is 4.90 Å². The van der Waals surface area contributed by atoms with Crippen LogP contribution in [0.25, 0.3) is 0 Å². The van der Waals surface area contributed by atoms with Crippen LogP contribution in [0.4, 0.5) is 5.69 Å². The van der Waals surface area contributed by atoms with Crippen LogP contribution in [0.15, 0.2) is 18.2 Å². The number of carbonyl (C=O) groups excluding carboxylic acids is 1. The first-order valence-corrected chi connectivity index (χ1v) is 6.92. The van der Waals surface area contributed by atoms with Gasteiger partial charge in [0.1, 0.15) is 0 Å². The lowest BCUT2D eigenvalue weighted by Crippen LogP contribution is -2.42. The molecular weight excluding hydrogens is 256 g/mol. The first kappa shape index (κ1) is 14.5. The second-order valence-electron chi connectivity index (χ2n) is 5.91. The average Bonchev–Trinajstić information content (AvgIpc) is 2.37. The van der Waals surface area contributed by atoms with Crippen LogP contribution in [0.1, 0.15) is 36.2 Å². The molecule has 1 amide bonds. The molecule has 1 saturated heterocycles. The molecule has 2 rings (SSSR count). The van der Waals surface area contributed by atoms with Gasteiger partial charge in [-0.05, 0) is 31.2 Å². The van der Waals surface area contributed by atoms with Crippen LogP contribution >= 0.6 is 0 Å². The zero-order valence-electron chi connectivity index (χ0n) is 12.1. The summed E-state index contributed by atoms with van der Waals surface area (Å²) in [6.07, 6.45) is 1.12. The summed E-state index contributed by atoms with van der Waals surface area (Å²) in [6.45, 7) is 7.40. The molecule has 5 nitrogen and oxygen atoms in total. The number of benzene rings is 1. The van der Waals surface area contributed by atoms with E-state index in [4.69, 9.17) is 0 Å². The van der Waals surface area contributed by atoms with Crippen molar-refractivity contribution in [2.75, 3.05) is 13.1 Å². The molecule has 0 saturated carbocycles. The molecule has 108 valence electrons. The number of nitrogens with zero attached hydrogens (tertiary/aromatic N) is 2. The van der Waals surface area contributed by atoms with Crippen molar-refractivity contribution in [1.82, 2.24) is 4.90 Å². The molecule has 1 fully saturated rings. The second kappa shape index (κ2) is 5.61. The quantitative estimate of drug-likeness (QED) is 0.616. The molecule has 1 aromatic rings. The number of hydrogen-bond acceptors (Lipinski definition) is 3. The van der Waals surface area contributed by atoms with E-state index in [1.165, 1.54) is 6.07 Å². The van der Waals surface area contributed by atoms with Gasteiger partial charge in [0.25, 0.3) is 11.6 Å². The number of aryl methyl sites for hydroxylation is 1. The van der Waals surface area contributed by atoms with E-state index >= 15 is 0 Å². The smallest absolute Gasteiger partial charge is 0.273 e. The van der Waals surface area contributed by atoms with Gasteiger partial charge < -0.3 is 4.90 Å². The van der Waals surface area contributed by atoms with E-state index < -0.39 is 4.92 Å². The van der Waals surface area contributed by atoms with Crippen molar-refractivity contribution >= 4 is 11.6 Å². The first-order valence-electron chi connectivity index (χ1n) is 6.92. The maximum atomic E-state index is 12.5. The van der Waals surface area contributed by atoms with Crippen LogP contribution in [0, 0.1) is 28.9 Å². The molecule has 1 aliphatic heterocycles. The average molecular weight is 276 g/mol. The third-order valence-corrected chi connectivity index (χ3v) is 3.81. The Kier molecular flexibility index (Phi) is 4.06. The number of nitro groups is 1. The van der Waals surface area contributed by atoms with Gasteiger partial charge in [-0.15, -0.1) is 0 Å². The van der Waals surface area contributed by atoms with Gasteiger partial charge in [-0.3, -0.25) is 14.9 Å². The van der Waals surface area contributed by atoms with Gasteiger partial charge in [0.05, 0.1) is 4.92 Å². The molecule has 1 aliphatic rings. The lowest BCUT2D eigenvalue weighted by Gasteiger charge is -2.35. The van der Waals surface area contributed by atoms with Crippen LogP contribution in [-0.2, 0) is 0 Å². The minimum absolute atomic E-state index is 0.00829. The summed E-state index contributed by atoms with van der Waals surface area (Å²) in [5.74, 6) is 0.845. The SMILES string of the molecule is Cc1ccc(C(=O)N2CC(C)CC(C)C2)cc1[N+](=O)[O-].